The molecule has 0 aromatic heterocycles. The van der Waals surface area contributed by atoms with Crippen LogP contribution in [0.3, 0.4) is 0 Å². The molecule has 0 aliphatic carbocycles. The third-order valence-electron chi connectivity index (χ3n) is 3.04. The maximum Gasteiger partial charge on any atom is 0.224 e. The van der Waals surface area contributed by atoms with Gasteiger partial charge in [0.15, 0.2) is 0 Å². The first-order valence-electron chi connectivity index (χ1n) is 6.56. The van der Waals surface area contributed by atoms with E-state index >= 15 is 0 Å². The molecule has 3 nitrogen and oxygen atoms in total. The normalized spacial score (nSPS) is 11.8. The van der Waals surface area contributed by atoms with E-state index in [9.17, 15) is 4.79 Å². The average molecular weight is 268 g/mol. The molecule has 0 radical (unpaired) electrons. The maximum atomic E-state index is 11.8. The van der Waals surface area contributed by atoms with E-state index in [2.05, 4.69) is 26.1 Å². The zero-order valence-electron chi connectivity index (χ0n) is 12.1. The second-order valence-corrected chi connectivity index (χ2v) is 6.41. The van der Waals surface area contributed by atoms with Gasteiger partial charge in [-0.25, -0.2) is 0 Å². The van der Waals surface area contributed by atoms with Crippen molar-refractivity contribution in [2.24, 2.45) is 5.41 Å². The van der Waals surface area contributed by atoms with E-state index in [-0.39, 0.29) is 5.43 Å². The highest BCUT2D eigenvalue weighted by Gasteiger charge is 2.20. The van der Waals surface area contributed by atoms with Crippen LogP contribution >= 0.6 is 12.2 Å². The Morgan fingerprint density at radius 3 is 2.44 bits per heavy atom. The Balaban J connectivity index is 2.62. The molecule has 0 saturated heterocycles. The lowest BCUT2D eigenvalue weighted by atomic mass is 9.90. The quantitative estimate of drug-likeness (QED) is 0.802. The molecule has 0 fully saturated rings. The Hall–Kier alpha value is -0.900. The van der Waals surface area contributed by atoms with Gasteiger partial charge in [-0.05, 0) is 25.2 Å². The number of hydrogen-bond acceptors (Lipinski definition) is 4. The molecule has 0 amide bonds. The van der Waals surface area contributed by atoms with Crippen molar-refractivity contribution in [3.63, 3.8) is 0 Å². The standard InChI is InChI=1S/C14H24N2OS/c1-6-15-10-11(12(17)13(10)18)16(5)9-7-8-14(2,3)4/h15H,6-9H2,1-5H3. The molecule has 0 heterocycles. The number of nitrogens with one attached hydrogen (secondary N) is 1. The lowest BCUT2D eigenvalue weighted by Gasteiger charge is -2.26. The van der Waals surface area contributed by atoms with Gasteiger partial charge in [-0.3, -0.25) is 4.79 Å². The van der Waals surface area contributed by atoms with Gasteiger partial charge in [-0.1, -0.05) is 33.0 Å². The minimum atomic E-state index is 0.0132. The highest BCUT2D eigenvalue weighted by molar-refractivity contribution is 7.71. The fraction of sp³-hybridized carbons (Fsp3) is 0.714. The molecular weight excluding hydrogens is 244 g/mol. The summed E-state index contributed by atoms with van der Waals surface area (Å²) >= 11 is 5.06. The van der Waals surface area contributed by atoms with Crippen LogP contribution in [0.25, 0.3) is 0 Å². The van der Waals surface area contributed by atoms with Crippen LogP contribution in [-0.2, 0) is 0 Å². The first kappa shape index (κ1) is 15.2. The van der Waals surface area contributed by atoms with E-state index in [1.165, 1.54) is 0 Å². The van der Waals surface area contributed by atoms with Crippen LogP contribution < -0.4 is 15.6 Å². The van der Waals surface area contributed by atoms with E-state index in [0.717, 1.165) is 37.3 Å². The second kappa shape index (κ2) is 5.83. The Morgan fingerprint density at radius 2 is 1.94 bits per heavy atom. The highest BCUT2D eigenvalue weighted by Crippen LogP contribution is 2.27. The van der Waals surface area contributed by atoms with Crippen molar-refractivity contribution in [3.05, 3.63) is 14.7 Å². The number of hydrogen-bond donors (Lipinski definition) is 1. The van der Waals surface area contributed by atoms with Crippen LogP contribution in [0.15, 0.2) is 4.79 Å². The third-order valence-corrected chi connectivity index (χ3v) is 3.43. The summed E-state index contributed by atoms with van der Waals surface area (Å²) in [5, 5.41) is 3.18. The lowest BCUT2D eigenvalue weighted by Crippen LogP contribution is -2.30. The molecule has 0 atom stereocenters. The van der Waals surface area contributed by atoms with E-state index in [4.69, 9.17) is 12.2 Å². The van der Waals surface area contributed by atoms with Gasteiger partial charge in [0, 0.05) is 20.1 Å². The number of anilines is 2. The third kappa shape index (κ3) is 3.55. The predicted octanol–water partition coefficient (Wildman–Crippen LogP) is 3.35. The van der Waals surface area contributed by atoms with Crippen molar-refractivity contribution in [1.82, 2.24) is 0 Å². The van der Waals surface area contributed by atoms with Gasteiger partial charge in [0.2, 0.25) is 5.43 Å². The molecule has 0 spiro atoms. The molecule has 0 aliphatic rings. The minimum Gasteiger partial charge on any atom is -0.382 e. The van der Waals surface area contributed by atoms with Crippen molar-refractivity contribution < 1.29 is 0 Å². The Kier molecular flexibility index (Phi) is 4.91. The smallest absolute Gasteiger partial charge is 0.224 e. The fourth-order valence-corrected chi connectivity index (χ4v) is 2.31. The van der Waals surface area contributed by atoms with Crippen LogP contribution in [0.4, 0.5) is 11.4 Å². The lowest BCUT2D eigenvalue weighted by molar-refractivity contribution is 0.367. The van der Waals surface area contributed by atoms with Crippen LogP contribution in [0, 0.1) is 9.93 Å². The van der Waals surface area contributed by atoms with Gasteiger partial charge >= 0.3 is 0 Å². The summed E-state index contributed by atoms with van der Waals surface area (Å²) in [6, 6.07) is 0. The average Bonchev–Trinajstić information content (AvgIpc) is 2.26. The van der Waals surface area contributed by atoms with Crippen molar-refractivity contribution in [1.29, 1.82) is 0 Å². The van der Waals surface area contributed by atoms with Crippen LogP contribution in [0.2, 0.25) is 0 Å². The summed E-state index contributed by atoms with van der Waals surface area (Å²) in [5.41, 5.74) is 1.98. The topological polar surface area (TPSA) is 32.3 Å². The Labute approximate surface area is 115 Å². The maximum absolute atomic E-state index is 11.8. The summed E-state index contributed by atoms with van der Waals surface area (Å²) in [5.74, 6) is 0. The molecule has 4 heteroatoms. The number of nitrogens with zero attached hydrogens (tertiary/aromatic N) is 1. The van der Waals surface area contributed by atoms with E-state index in [1.54, 1.807) is 0 Å². The Morgan fingerprint density at radius 1 is 1.33 bits per heavy atom. The molecule has 18 heavy (non-hydrogen) atoms. The van der Waals surface area contributed by atoms with Gasteiger partial charge < -0.3 is 10.2 Å². The van der Waals surface area contributed by atoms with E-state index < -0.39 is 0 Å². The van der Waals surface area contributed by atoms with E-state index in [0.29, 0.717) is 9.93 Å². The highest BCUT2D eigenvalue weighted by atomic mass is 32.1. The van der Waals surface area contributed by atoms with Crippen LogP contribution in [-0.4, -0.2) is 20.1 Å². The molecule has 0 bridgehead atoms. The molecule has 0 unspecified atom stereocenters. The zero-order chi connectivity index (χ0) is 13.9. The molecule has 102 valence electrons. The summed E-state index contributed by atoms with van der Waals surface area (Å²) < 4.78 is 0.453. The fourth-order valence-electron chi connectivity index (χ4n) is 2.04. The summed E-state index contributed by atoms with van der Waals surface area (Å²) in [7, 11) is 1.97. The summed E-state index contributed by atoms with van der Waals surface area (Å²) in [6.07, 6.45) is 2.24. The van der Waals surface area contributed by atoms with Crippen LogP contribution in [0.5, 0.6) is 0 Å². The Bertz CT molecular complexity index is 467. The molecular formula is C14H24N2OS. The zero-order valence-corrected chi connectivity index (χ0v) is 12.9. The second-order valence-electron chi connectivity index (χ2n) is 6.00. The minimum absolute atomic E-state index is 0.0132. The first-order valence-corrected chi connectivity index (χ1v) is 6.97. The van der Waals surface area contributed by atoms with Crippen molar-refractivity contribution in [3.8, 4) is 0 Å². The SMILES string of the molecule is CCNc1c(N(C)CCCC(C)(C)C)c(=O)c1=S. The summed E-state index contributed by atoms with van der Waals surface area (Å²) in [6.45, 7) is 10.4. The summed E-state index contributed by atoms with van der Waals surface area (Å²) in [4.78, 5) is 13.8. The molecule has 1 aromatic carbocycles. The monoisotopic (exact) mass is 268 g/mol. The largest absolute Gasteiger partial charge is 0.382 e. The van der Waals surface area contributed by atoms with E-state index in [1.807, 2.05) is 18.9 Å². The predicted molar refractivity (Wildman–Crippen MR) is 82.0 cm³/mol. The molecule has 1 rings (SSSR count). The van der Waals surface area contributed by atoms with Gasteiger partial charge in [-0.15, -0.1) is 0 Å². The van der Waals surface area contributed by atoms with Crippen molar-refractivity contribution >= 4 is 23.6 Å². The molecule has 0 saturated carbocycles. The van der Waals surface area contributed by atoms with Crippen LogP contribution in [0.1, 0.15) is 40.5 Å². The number of rotatable bonds is 6. The van der Waals surface area contributed by atoms with Gasteiger partial charge in [0.25, 0.3) is 0 Å². The van der Waals surface area contributed by atoms with Gasteiger partial charge in [0.1, 0.15) is 10.2 Å². The molecule has 1 aromatic rings. The van der Waals surface area contributed by atoms with Gasteiger partial charge in [0.05, 0.1) is 5.69 Å². The first-order chi connectivity index (χ1) is 8.28. The van der Waals surface area contributed by atoms with Crippen molar-refractivity contribution in [2.45, 2.75) is 40.5 Å². The van der Waals surface area contributed by atoms with Crippen molar-refractivity contribution in [2.75, 3.05) is 30.4 Å². The molecule has 1 N–H and O–H groups in total. The van der Waals surface area contributed by atoms with Gasteiger partial charge in [-0.2, -0.15) is 0 Å². The molecule has 0 aliphatic heterocycles.